The van der Waals surface area contributed by atoms with Crippen LogP contribution in [0.2, 0.25) is 0 Å². The van der Waals surface area contributed by atoms with Gasteiger partial charge in [-0.1, -0.05) is 6.92 Å². The normalized spacial score (nSPS) is 45.8. The van der Waals surface area contributed by atoms with Crippen molar-refractivity contribution < 1.29 is 9.84 Å². The molecule has 1 aliphatic heterocycles. The van der Waals surface area contributed by atoms with Gasteiger partial charge in [0.25, 0.3) is 0 Å². The van der Waals surface area contributed by atoms with Gasteiger partial charge in [-0.3, -0.25) is 0 Å². The summed E-state index contributed by atoms with van der Waals surface area (Å²) < 4.78 is 5.52. The first-order chi connectivity index (χ1) is 5.06. The molecule has 0 amide bonds. The van der Waals surface area contributed by atoms with E-state index in [1.807, 2.05) is 20.8 Å². The van der Waals surface area contributed by atoms with Crippen molar-refractivity contribution in [3.8, 4) is 0 Å². The topological polar surface area (TPSA) is 29.5 Å². The molecule has 1 fully saturated rings. The number of hydrogen-bond acceptors (Lipinski definition) is 2. The predicted molar refractivity (Wildman–Crippen MR) is 44.5 cm³/mol. The molecule has 1 unspecified atom stereocenters. The van der Waals surface area contributed by atoms with Crippen molar-refractivity contribution in [3.63, 3.8) is 0 Å². The molecule has 0 radical (unpaired) electrons. The van der Waals surface area contributed by atoms with E-state index in [-0.39, 0.29) is 12.2 Å². The molecule has 0 aliphatic carbocycles. The highest BCUT2D eigenvalue weighted by molar-refractivity contribution is 4.85. The van der Waals surface area contributed by atoms with Crippen LogP contribution in [0.1, 0.15) is 40.0 Å². The average Bonchev–Trinajstić information content (AvgIpc) is 1.84. The summed E-state index contributed by atoms with van der Waals surface area (Å²) in [5.41, 5.74) is -0.461. The first-order valence-corrected chi connectivity index (χ1v) is 4.43. The molecule has 1 aliphatic rings. The van der Waals surface area contributed by atoms with Gasteiger partial charge in [0, 0.05) is 12.8 Å². The van der Waals surface area contributed by atoms with Crippen LogP contribution in [0, 0.1) is 0 Å². The quantitative estimate of drug-likeness (QED) is 0.629. The second kappa shape index (κ2) is 3.11. The molecule has 0 saturated carbocycles. The van der Waals surface area contributed by atoms with E-state index in [4.69, 9.17) is 4.74 Å². The number of aliphatic hydroxyl groups is 1. The molecule has 1 heterocycles. The first-order valence-electron chi connectivity index (χ1n) is 4.43. The van der Waals surface area contributed by atoms with Crippen LogP contribution in [0.25, 0.3) is 0 Å². The fourth-order valence-corrected chi connectivity index (χ4v) is 1.93. The zero-order chi connectivity index (χ0) is 8.48. The average molecular weight is 158 g/mol. The molecule has 1 N–H and O–H groups in total. The molecule has 0 aromatic rings. The summed E-state index contributed by atoms with van der Waals surface area (Å²) in [6.45, 7) is 6.08. The molecular formula is C9H18O2. The van der Waals surface area contributed by atoms with Gasteiger partial charge >= 0.3 is 0 Å². The van der Waals surface area contributed by atoms with Crippen LogP contribution in [0.4, 0.5) is 0 Å². The van der Waals surface area contributed by atoms with Crippen molar-refractivity contribution >= 4 is 0 Å². The predicted octanol–water partition coefficient (Wildman–Crippen LogP) is 1.71. The monoisotopic (exact) mass is 158 g/mol. The van der Waals surface area contributed by atoms with Gasteiger partial charge in [-0.25, -0.2) is 0 Å². The molecule has 1 saturated heterocycles. The van der Waals surface area contributed by atoms with E-state index in [9.17, 15) is 5.11 Å². The zero-order valence-electron chi connectivity index (χ0n) is 7.63. The summed E-state index contributed by atoms with van der Waals surface area (Å²) in [6.07, 6.45) is 2.83. The van der Waals surface area contributed by atoms with Crippen molar-refractivity contribution in [2.45, 2.75) is 57.8 Å². The molecule has 2 nitrogen and oxygen atoms in total. The lowest BCUT2D eigenvalue weighted by atomic mass is 9.86. The van der Waals surface area contributed by atoms with Crippen LogP contribution >= 0.6 is 0 Å². The van der Waals surface area contributed by atoms with E-state index >= 15 is 0 Å². The summed E-state index contributed by atoms with van der Waals surface area (Å²) in [6, 6.07) is 0. The number of hydrogen-bond donors (Lipinski definition) is 1. The lowest BCUT2D eigenvalue weighted by Crippen LogP contribution is -2.42. The molecule has 3 atom stereocenters. The summed E-state index contributed by atoms with van der Waals surface area (Å²) in [5, 5.41) is 9.94. The minimum atomic E-state index is -0.461. The summed E-state index contributed by atoms with van der Waals surface area (Å²) in [7, 11) is 0. The first kappa shape index (κ1) is 9.01. The standard InChI is InChI=1S/C9H18O2/c1-4-9(10)5-7(2)11-8(3)6-9/h7-8,10H,4-6H2,1-3H3/t7-,8+,9?. The Labute approximate surface area is 68.6 Å². The highest BCUT2D eigenvalue weighted by Crippen LogP contribution is 2.30. The summed E-state index contributed by atoms with van der Waals surface area (Å²) >= 11 is 0. The van der Waals surface area contributed by atoms with E-state index in [1.165, 1.54) is 0 Å². The maximum atomic E-state index is 9.94. The van der Waals surface area contributed by atoms with Crippen molar-refractivity contribution in [2.75, 3.05) is 0 Å². The third-order valence-corrected chi connectivity index (χ3v) is 2.46. The number of rotatable bonds is 1. The van der Waals surface area contributed by atoms with Gasteiger partial charge in [0.2, 0.25) is 0 Å². The molecule has 1 rings (SSSR count). The minimum Gasteiger partial charge on any atom is -0.390 e. The lowest BCUT2D eigenvalue weighted by Gasteiger charge is -2.38. The smallest absolute Gasteiger partial charge is 0.0694 e. The van der Waals surface area contributed by atoms with Crippen LogP contribution in [0.3, 0.4) is 0 Å². The second-order valence-corrected chi connectivity index (χ2v) is 3.74. The van der Waals surface area contributed by atoms with Crippen LogP contribution in [-0.2, 0) is 4.74 Å². The van der Waals surface area contributed by atoms with Gasteiger partial charge in [-0.05, 0) is 20.3 Å². The van der Waals surface area contributed by atoms with Crippen LogP contribution in [0.15, 0.2) is 0 Å². The Kier molecular flexibility index (Phi) is 2.55. The van der Waals surface area contributed by atoms with E-state index in [0.29, 0.717) is 0 Å². The molecule has 66 valence electrons. The molecule has 0 bridgehead atoms. The molecular weight excluding hydrogens is 140 g/mol. The van der Waals surface area contributed by atoms with Crippen LogP contribution < -0.4 is 0 Å². The van der Waals surface area contributed by atoms with E-state index in [2.05, 4.69) is 0 Å². The zero-order valence-corrected chi connectivity index (χ0v) is 7.63. The van der Waals surface area contributed by atoms with Crippen molar-refractivity contribution in [3.05, 3.63) is 0 Å². The highest BCUT2D eigenvalue weighted by Gasteiger charge is 2.34. The van der Waals surface area contributed by atoms with Gasteiger partial charge in [0.1, 0.15) is 0 Å². The fourth-order valence-electron chi connectivity index (χ4n) is 1.93. The van der Waals surface area contributed by atoms with Gasteiger partial charge in [0.05, 0.1) is 17.8 Å². The Bertz CT molecular complexity index is 124. The minimum absolute atomic E-state index is 0.212. The third kappa shape index (κ3) is 2.17. The Morgan fingerprint density at radius 2 is 1.82 bits per heavy atom. The Morgan fingerprint density at radius 3 is 2.18 bits per heavy atom. The molecule has 0 spiro atoms. The molecule has 0 aromatic carbocycles. The van der Waals surface area contributed by atoms with Crippen molar-refractivity contribution in [1.82, 2.24) is 0 Å². The molecule has 11 heavy (non-hydrogen) atoms. The van der Waals surface area contributed by atoms with E-state index in [1.54, 1.807) is 0 Å². The maximum absolute atomic E-state index is 9.94. The maximum Gasteiger partial charge on any atom is 0.0694 e. The van der Waals surface area contributed by atoms with Gasteiger partial charge in [0.15, 0.2) is 0 Å². The van der Waals surface area contributed by atoms with E-state index in [0.717, 1.165) is 19.3 Å². The largest absolute Gasteiger partial charge is 0.390 e. The van der Waals surface area contributed by atoms with E-state index < -0.39 is 5.60 Å². The van der Waals surface area contributed by atoms with Gasteiger partial charge < -0.3 is 9.84 Å². The Morgan fingerprint density at radius 1 is 1.36 bits per heavy atom. The van der Waals surface area contributed by atoms with Gasteiger partial charge in [-0.15, -0.1) is 0 Å². The second-order valence-electron chi connectivity index (χ2n) is 3.74. The van der Waals surface area contributed by atoms with Crippen LogP contribution in [0.5, 0.6) is 0 Å². The summed E-state index contributed by atoms with van der Waals surface area (Å²) in [4.78, 5) is 0. The Balaban J connectivity index is 2.55. The van der Waals surface area contributed by atoms with Crippen molar-refractivity contribution in [2.24, 2.45) is 0 Å². The SMILES string of the molecule is CCC1(O)C[C@@H](C)O[C@@H](C)C1. The lowest BCUT2D eigenvalue weighted by molar-refractivity contribution is -0.132. The van der Waals surface area contributed by atoms with Crippen LogP contribution in [-0.4, -0.2) is 22.9 Å². The molecule has 2 heteroatoms. The fraction of sp³-hybridized carbons (Fsp3) is 1.00. The number of ether oxygens (including phenoxy) is 1. The highest BCUT2D eigenvalue weighted by atomic mass is 16.5. The summed E-state index contributed by atoms with van der Waals surface area (Å²) in [5.74, 6) is 0. The molecule has 0 aromatic heterocycles. The van der Waals surface area contributed by atoms with Gasteiger partial charge in [-0.2, -0.15) is 0 Å². The third-order valence-electron chi connectivity index (χ3n) is 2.46. The Hall–Kier alpha value is -0.0800. The van der Waals surface area contributed by atoms with Crippen molar-refractivity contribution in [1.29, 1.82) is 0 Å².